The molecule has 6 nitrogen and oxygen atoms in total. The fourth-order valence-corrected chi connectivity index (χ4v) is 2.13. The Labute approximate surface area is 110 Å². The second-order valence-electron chi connectivity index (χ2n) is 4.07. The highest BCUT2D eigenvalue weighted by Crippen LogP contribution is 2.34. The molecule has 0 fully saturated rings. The van der Waals surface area contributed by atoms with Gasteiger partial charge in [0.25, 0.3) is 0 Å². The molecule has 0 bridgehead atoms. The number of fused-ring (bicyclic) bond motifs is 1. The van der Waals surface area contributed by atoms with E-state index in [1.807, 2.05) is 31.2 Å². The van der Waals surface area contributed by atoms with Gasteiger partial charge in [-0.2, -0.15) is 0 Å². The molecule has 6 heteroatoms. The number of anilines is 1. The van der Waals surface area contributed by atoms with Crippen LogP contribution < -0.4 is 4.90 Å². The summed E-state index contributed by atoms with van der Waals surface area (Å²) in [6.45, 7) is 2.77. The van der Waals surface area contributed by atoms with Crippen molar-refractivity contribution in [2.24, 2.45) is 0 Å². The van der Waals surface area contributed by atoms with Gasteiger partial charge in [-0.25, -0.2) is 4.98 Å². The first-order chi connectivity index (χ1) is 9.19. The van der Waals surface area contributed by atoms with Gasteiger partial charge in [-0.05, 0) is 13.0 Å². The predicted molar refractivity (Wildman–Crippen MR) is 73.4 cm³/mol. The number of aromatic nitrogens is 1. The molecular formula is C13H15N3O3. The van der Waals surface area contributed by atoms with Crippen LogP contribution in [0.15, 0.2) is 30.5 Å². The summed E-state index contributed by atoms with van der Waals surface area (Å²) in [5, 5.41) is 21.0. The summed E-state index contributed by atoms with van der Waals surface area (Å²) in [6.07, 6.45) is 1.28. The second kappa shape index (κ2) is 5.62. The molecular weight excluding hydrogens is 246 g/mol. The van der Waals surface area contributed by atoms with Crippen LogP contribution in [0.5, 0.6) is 0 Å². The van der Waals surface area contributed by atoms with Gasteiger partial charge in [0.1, 0.15) is 11.9 Å². The zero-order valence-corrected chi connectivity index (χ0v) is 10.6. The molecule has 0 aliphatic rings. The number of rotatable bonds is 5. The second-order valence-corrected chi connectivity index (χ2v) is 4.07. The topological polar surface area (TPSA) is 79.5 Å². The number of pyridine rings is 1. The molecule has 1 heterocycles. The lowest BCUT2D eigenvalue weighted by molar-refractivity contribution is -0.384. The van der Waals surface area contributed by atoms with Gasteiger partial charge in [-0.1, -0.05) is 18.2 Å². The highest BCUT2D eigenvalue weighted by Gasteiger charge is 2.22. The maximum absolute atomic E-state index is 11.2. The largest absolute Gasteiger partial charge is 0.395 e. The number of aliphatic hydroxyl groups excluding tert-OH is 1. The minimum absolute atomic E-state index is 0.0333. The van der Waals surface area contributed by atoms with Crippen LogP contribution in [-0.4, -0.2) is 34.7 Å². The molecule has 0 aliphatic heterocycles. The molecule has 19 heavy (non-hydrogen) atoms. The van der Waals surface area contributed by atoms with Gasteiger partial charge >= 0.3 is 5.69 Å². The molecule has 0 radical (unpaired) electrons. The van der Waals surface area contributed by atoms with Gasteiger partial charge in [-0.3, -0.25) is 10.1 Å². The van der Waals surface area contributed by atoms with Gasteiger partial charge < -0.3 is 10.0 Å². The van der Waals surface area contributed by atoms with Crippen molar-refractivity contribution in [3.05, 3.63) is 40.6 Å². The summed E-state index contributed by atoms with van der Waals surface area (Å²) in [6, 6.07) is 7.29. The zero-order chi connectivity index (χ0) is 13.8. The van der Waals surface area contributed by atoms with Crippen molar-refractivity contribution in [3.8, 4) is 0 Å². The Morgan fingerprint density at radius 3 is 2.79 bits per heavy atom. The van der Waals surface area contributed by atoms with Gasteiger partial charge in [-0.15, -0.1) is 0 Å². The molecule has 0 atom stereocenters. The molecule has 0 saturated carbocycles. The van der Waals surface area contributed by atoms with Crippen LogP contribution >= 0.6 is 0 Å². The molecule has 0 aliphatic carbocycles. The van der Waals surface area contributed by atoms with Crippen molar-refractivity contribution < 1.29 is 10.0 Å². The minimum Gasteiger partial charge on any atom is -0.395 e. The molecule has 0 spiro atoms. The van der Waals surface area contributed by atoms with Crippen LogP contribution in [0.4, 0.5) is 11.4 Å². The number of hydrogen-bond acceptors (Lipinski definition) is 5. The maximum atomic E-state index is 11.2. The SMILES string of the molecule is CCN(CCO)c1c([N+](=O)[O-])cnc2ccccc12. The van der Waals surface area contributed by atoms with E-state index >= 15 is 0 Å². The van der Waals surface area contributed by atoms with Crippen LogP contribution in [0.25, 0.3) is 10.9 Å². The number of benzene rings is 1. The third kappa shape index (κ3) is 2.48. The lowest BCUT2D eigenvalue weighted by atomic mass is 10.1. The first kappa shape index (κ1) is 13.2. The Hall–Kier alpha value is -2.21. The normalized spacial score (nSPS) is 10.6. The first-order valence-corrected chi connectivity index (χ1v) is 6.07. The average Bonchev–Trinajstić information content (AvgIpc) is 2.43. The monoisotopic (exact) mass is 261 g/mol. The van der Waals surface area contributed by atoms with Crippen molar-refractivity contribution >= 4 is 22.3 Å². The quantitative estimate of drug-likeness (QED) is 0.657. The summed E-state index contributed by atoms with van der Waals surface area (Å²) in [5.41, 5.74) is 1.20. The van der Waals surface area contributed by atoms with Gasteiger partial charge in [0.05, 0.1) is 17.0 Å². The van der Waals surface area contributed by atoms with E-state index in [0.717, 1.165) is 5.39 Å². The van der Waals surface area contributed by atoms with E-state index in [-0.39, 0.29) is 12.3 Å². The summed E-state index contributed by atoms with van der Waals surface area (Å²) in [4.78, 5) is 16.6. The van der Waals surface area contributed by atoms with Gasteiger partial charge in [0.2, 0.25) is 0 Å². The van der Waals surface area contributed by atoms with Crippen molar-refractivity contribution in [2.75, 3.05) is 24.6 Å². The van der Waals surface area contributed by atoms with E-state index < -0.39 is 4.92 Å². The lowest BCUT2D eigenvalue weighted by Crippen LogP contribution is -2.27. The number of likely N-dealkylation sites (N-methyl/N-ethyl adjacent to an activating group) is 1. The average molecular weight is 261 g/mol. The predicted octanol–water partition coefficient (Wildman–Crippen LogP) is 1.96. The van der Waals surface area contributed by atoms with Crippen molar-refractivity contribution in [3.63, 3.8) is 0 Å². The van der Waals surface area contributed by atoms with Crippen LogP contribution in [0.3, 0.4) is 0 Å². The summed E-state index contributed by atoms with van der Waals surface area (Å²) >= 11 is 0. The number of nitrogens with zero attached hydrogens (tertiary/aromatic N) is 3. The van der Waals surface area contributed by atoms with E-state index in [1.54, 1.807) is 4.90 Å². The standard InChI is InChI=1S/C13H15N3O3/c1-2-15(7-8-17)13-10-5-3-4-6-11(10)14-9-12(13)16(18)19/h3-6,9,17H,2,7-8H2,1H3. The molecule has 100 valence electrons. The molecule has 1 N–H and O–H groups in total. The van der Waals surface area contributed by atoms with E-state index in [2.05, 4.69) is 4.98 Å². The molecule has 2 aromatic rings. The van der Waals surface area contributed by atoms with Gasteiger partial charge in [0, 0.05) is 18.5 Å². The van der Waals surface area contributed by atoms with E-state index in [0.29, 0.717) is 24.3 Å². The summed E-state index contributed by atoms with van der Waals surface area (Å²) < 4.78 is 0. The maximum Gasteiger partial charge on any atom is 0.311 e. The minimum atomic E-state index is -0.436. The zero-order valence-electron chi connectivity index (χ0n) is 10.6. The number of nitro groups is 1. The lowest BCUT2D eigenvalue weighted by Gasteiger charge is -2.23. The number of aliphatic hydroxyl groups is 1. The molecule has 0 amide bonds. The highest BCUT2D eigenvalue weighted by molar-refractivity contribution is 5.96. The van der Waals surface area contributed by atoms with E-state index in [1.165, 1.54) is 6.20 Å². The van der Waals surface area contributed by atoms with Crippen molar-refractivity contribution in [1.29, 1.82) is 0 Å². The highest BCUT2D eigenvalue weighted by atomic mass is 16.6. The van der Waals surface area contributed by atoms with Crippen molar-refractivity contribution in [1.82, 2.24) is 4.98 Å². The van der Waals surface area contributed by atoms with Crippen LogP contribution in [0, 0.1) is 10.1 Å². The Morgan fingerprint density at radius 2 is 2.16 bits per heavy atom. The Bertz CT molecular complexity index is 601. The van der Waals surface area contributed by atoms with Crippen LogP contribution in [-0.2, 0) is 0 Å². The third-order valence-corrected chi connectivity index (χ3v) is 2.99. The van der Waals surface area contributed by atoms with Crippen LogP contribution in [0.1, 0.15) is 6.92 Å². The smallest absolute Gasteiger partial charge is 0.311 e. The molecule has 1 aromatic carbocycles. The number of hydrogen-bond donors (Lipinski definition) is 1. The fraction of sp³-hybridized carbons (Fsp3) is 0.308. The van der Waals surface area contributed by atoms with Crippen LogP contribution in [0.2, 0.25) is 0 Å². The molecule has 1 aromatic heterocycles. The molecule has 0 unspecified atom stereocenters. The first-order valence-electron chi connectivity index (χ1n) is 6.07. The molecule has 0 saturated heterocycles. The number of para-hydroxylation sites is 1. The fourth-order valence-electron chi connectivity index (χ4n) is 2.13. The van der Waals surface area contributed by atoms with Gasteiger partial charge in [0.15, 0.2) is 0 Å². The van der Waals surface area contributed by atoms with E-state index in [4.69, 9.17) is 5.11 Å². The summed E-state index contributed by atoms with van der Waals surface area (Å²) in [5.74, 6) is 0. The van der Waals surface area contributed by atoms with E-state index in [9.17, 15) is 10.1 Å². The Kier molecular flexibility index (Phi) is 3.91. The van der Waals surface area contributed by atoms with Crippen molar-refractivity contribution in [2.45, 2.75) is 6.92 Å². The Balaban J connectivity index is 2.71. The third-order valence-electron chi connectivity index (χ3n) is 2.99. The Morgan fingerprint density at radius 1 is 1.42 bits per heavy atom. The molecule has 2 rings (SSSR count). The summed E-state index contributed by atoms with van der Waals surface area (Å²) in [7, 11) is 0.